The van der Waals surface area contributed by atoms with Gasteiger partial charge in [-0.3, -0.25) is 9.97 Å². The zero-order valence-corrected chi connectivity index (χ0v) is 13.8. The highest BCUT2D eigenvalue weighted by atomic mass is 19.3. The van der Waals surface area contributed by atoms with Crippen molar-refractivity contribution in [2.45, 2.75) is 13.5 Å². The van der Waals surface area contributed by atoms with Crippen molar-refractivity contribution < 1.29 is 17.9 Å². The maximum atomic E-state index is 12.3. The number of halogens is 2. The van der Waals surface area contributed by atoms with Gasteiger partial charge in [-0.05, 0) is 43.3 Å². The number of hydrogen-bond donors (Lipinski definition) is 0. The van der Waals surface area contributed by atoms with Gasteiger partial charge in [-0.1, -0.05) is 6.07 Å². The lowest BCUT2D eigenvalue weighted by Gasteiger charge is -2.04. The zero-order chi connectivity index (χ0) is 18.1. The third-order valence-corrected chi connectivity index (χ3v) is 4.00. The minimum Gasteiger partial charge on any atom is -0.454 e. The maximum Gasteiger partial charge on any atom is 0.387 e. The lowest BCUT2D eigenvalue weighted by Crippen LogP contribution is -2.01. The van der Waals surface area contributed by atoms with E-state index in [-0.39, 0.29) is 5.75 Å². The van der Waals surface area contributed by atoms with Crippen LogP contribution in [0.1, 0.15) is 5.69 Å². The molecule has 6 heteroatoms. The van der Waals surface area contributed by atoms with Gasteiger partial charge in [0.1, 0.15) is 17.0 Å². The first kappa shape index (κ1) is 16.2. The molecule has 0 aliphatic rings. The molecule has 4 rings (SSSR count). The lowest BCUT2D eigenvalue weighted by molar-refractivity contribution is -0.0498. The van der Waals surface area contributed by atoms with E-state index in [4.69, 9.17) is 4.42 Å². The number of furan rings is 1. The number of alkyl halides is 2. The Morgan fingerprint density at radius 3 is 2.42 bits per heavy atom. The quantitative estimate of drug-likeness (QED) is 0.489. The Bertz CT molecular complexity index is 1040. The number of aryl methyl sites for hydroxylation is 1. The second-order valence-corrected chi connectivity index (χ2v) is 5.77. The number of hydrogen-bond acceptors (Lipinski definition) is 4. The molecule has 0 N–H and O–H groups in total. The van der Waals surface area contributed by atoms with E-state index in [0.29, 0.717) is 16.9 Å². The standard InChI is InChI=1S/C20H14F2N2O2/c1-12-2-3-14(11-24-12)16-8-9-23-17-10-18(26-19(16)17)13-4-6-15(7-5-13)25-20(21)22/h2-11,20H,1H3. The number of nitrogens with zero attached hydrogens (tertiary/aromatic N) is 2. The van der Waals surface area contributed by atoms with E-state index in [9.17, 15) is 8.78 Å². The minimum absolute atomic E-state index is 0.101. The predicted octanol–water partition coefficient (Wildman–Crippen LogP) is 5.47. The summed E-state index contributed by atoms with van der Waals surface area (Å²) >= 11 is 0. The summed E-state index contributed by atoms with van der Waals surface area (Å²) in [6, 6.07) is 13.9. The first-order valence-corrected chi connectivity index (χ1v) is 7.97. The maximum absolute atomic E-state index is 12.3. The van der Waals surface area contributed by atoms with Crippen LogP contribution < -0.4 is 4.74 Å². The van der Waals surface area contributed by atoms with Gasteiger partial charge in [0.05, 0.1) is 0 Å². The van der Waals surface area contributed by atoms with Crippen LogP contribution in [0.15, 0.2) is 65.3 Å². The van der Waals surface area contributed by atoms with Crippen molar-refractivity contribution in [2.24, 2.45) is 0 Å². The van der Waals surface area contributed by atoms with Crippen LogP contribution in [-0.2, 0) is 0 Å². The average molecular weight is 352 g/mol. The molecule has 0 saturated heterocycles. The predicted molar refractivity (Wildman–Crippen MR) is 94.0 cm³/mol. The van der Waals surface area contributed by atoms with E-state index in [1.54, 1.807) is 24.5 Å². The van der Waals surface area contributed by atoms with E-state index in [1.807, 2.05) is 31.2 Å². The minimum atomic E-state index is -2.85. The smallest absolute Gasteiger partial charge is 0.387 e. The summed E-state index contributed by atoms with van der Waals surface area (Å²) in [5, 5.41) is 0. The molecule has 0 bridgehead atoms. The Kier molecular flexibility index (Phi) is 4.08. The third kappa shape index (κ3) is 3.13. The fourth-order valence-electron chi connectivity index (χ4n) is 2.74. The van der Waals surface area contributed by atoms with Crippen LogP contribution in [-0.4, -0.2) is 16.6 Å². The molecule has 4 nitrogen and oxygen atoms in total. The van der Waals surface area contributed by atoms with Gasteiger partial charge < -0.3 is 9.15 Å². The Labute approximate surface area is 148 Å². The molecule has 3 heterocycles. The second-order valence-electron chi connectivity index (χ2n) is 5.77. The SMILES string of the molecule is Cc1ccc(-c2ccnc3cc(-c4ccc(OC(F)F)cc4)oc23)cn1. The van der Waals surface area contributed by atoms with Crippen LogP contribution in [0, 0.1) is 6.92 Å². The monoisotopic (exact) mass is 352 g/mol. The number of rotatable bonds is 4. The zero-order valence-electron chi connectivity index (χ0n) is 13.8. The highest BCUT2D eigenvalue weighted by Gasteiger charge is 2.13. The topological polar surface area (TPSA) is 48.2 Å². The van der Waals surface area contributed by atoms with Gasteiger partial charge in [0.25, 0.3) is 0 Å². The lowest BCUT2D eigenvalue weighted by atomic mass is 10.1. The Morgan fingerprint density at radius 2 is 1.73 bits per heavy atom. The van der Waals surface area contributed by atoms with Gasteiger partial charge in [-0.25, -0.2) is 0 Å². The van der Waals surface area contributed by atoms with E-state index in [1.165, 1.54) is 12.1 Å². The molecule has 0 radical (unpaired) electrons. The van der Waals surface area contributed by atoms with E-state index >= 15 is 0 Å². The first-order chi connectivity index (χ1) is 12.6. The van der Waals surface area contributed by atoms with Crippen LogP contribution in [0.5, 0.6) is 5.75 Å². The molecule has 0 atom stereocenters. The molecule has 130 valence electrons. The summed E-state index contributed by atoms with van der Waals surface area (Å²) in [4.78, 5) is 8.67. The summed E-state index contributed by atoms with van der Waals surface area (Å²) in [5.41, 5.74) is 4.88. The summed E-state index contributed by atoms with van der Waals surface area (Å²) in [5.74, 6) is 0.702. The van der Waals surface area contributed by atoms with Crippen molar-refractivity contribution in [3.05, 3.63) is 66.6 Å². The van der Waals surface area contributed by atoms with Crippen LogP contribution >= 0.6 is 0 Å². The first-order valence-electron chi connectivity index (χ1n) is 7.97. The molecule has 3 aromatic heterocycles. The Hall–Kier alpha value is -3.28. The van der Waals surface area contributed by atoms with Crippen LogP contribution in [0.25, 0.3) is 33.6 Å². The van der Waals surface area contributed by atoms with Gasteiger partial charge in [0.2, 0.25) is 0 Å². The van der Waals surface area contributed by atoms with Crippen molar-refractivity contribution in [3.63, 3.8) is 0 Å². The summed E-state index contributed by atoms with van der Waals surface area (Å²) in [6.07, 6.45) is 3.51. The van der Waals surface area contributed by atoms with Crippen LogP contribution in [0.3, 0.4) is 0 Å². The van der Waals surface area contributed by atoms with Crippen LogP contribution in [0.2, 0.25) is 0 Å². The summed E-state index contributed by atoms with van der Waals surface area (Å²) in [7, 11) is 0. The molecule has 0 unspecified atom stereocenters. The van der Waals surface area contributed by atoms with Gasteiger partial charge in [0, 0.05) is 40.8 Å². The molecule has 1 aromatic carbocycles. The van der Waals surface area contributed by atoms with Gasteiger partial charge in [-0.15, -0.1) is 0 Å². The molecule has 0 amide bonds. The highest BCUT2D eigenvalue weighted by molar-refractivity contribution is 5.92. The van der Waals surface area contributed by atoms with E-state index in [0.717, 1.165) is 22.4 Å². The molecular formula is C20H14F2N2O2. The van der Waals surface area contributed by atoms with Gasteiger partial charge in [-0.2, -0.15) is 8.78 Å². The Balaban J connectivity index is 1.74. The fraction of sp³-hybridized carbons (Fsp3) is 0.100. The summed E-state index contributed by atoms with van der Waals surface area (Å²) in [6.45, 7) is -0.917. The molecule has 0 saturated carbocycles. The summed E-state index contributed by atoms with van der Waals surface area (Å²) < 4.78 is 34.9. The average Bonchev–Trinajstić information content (AvgIpc) is 3.07. The normalized spacial score (nSPS) is 11.2. The van der Waals surface area contributed by atoms with Gasteiger partial charge >= 0.3 is 6.61 Å². The molecule has 26 heavy (non-hydrogen) atoms. The van der Waals surface area contributed by atoms with E-state index in [2.05, 4.69) is 14.7 Å². The molecule has 4 aromatic rings. The van der Waals surface area contributed by atoms with Crippen molar-refractivity contribution in [1.82, 2.24) is 9.97 Å². The van der Waals surface area contributed by atoms with Crippen LogP contribution in [0.4, 0.5) is 8.78 Å². The molecular weight excluding hydrogens is 338 g/mol. The van der Waals surface area contributed by atoms with E-state index < -0.39 is 6.61 Å². The van der Waals surface area contributed by atoms with Crippen molar-refractivity contribution >= 4 is 11.1 Å². The van der Waals surface area contributed by atoms with Crippen molar-refractivity contribution in [3.8, 4) is 28.2 Å². The number of pyridine rings is 2. The number of fused-ring (bicyclic) bond motifs is 1. The van der Waals surface area contributed by atoms with Crippen molar-refractivity contribution in [2.75, 3.05) is 0 Å². The van der Waals surface area contributed by atoms with Gasteiger partial charge in [0.15, 0.2) is 5.58 Å². The molecule has 0 spiro atoms. The highest BCUT2D eigenvalue weighted by Crippen LogP contribution is 2.34. The molecule has 0 aliphatic heterocycles. The Morgan fingerprint density at radius 1 is 0.962 bits per heavy atom. The largest absolute Gasteiger partial charge is 0.454 e. The number of benzene rings is 1. The van der Waals surface area contributed by atoms with Crippen molar-refractivity contribution in [1.29, 1.82) is 0 Å². The fourth-order valence-corrected chi connectivity index (χ4v) is 2.74. The molecule has 0 fully saturated rings. The third-order valence-electron chi connectivity index (χ3n) is 4.00. The number of ether oxygens (including phenoxy) is 1. The molecule has 0 aliphatic carbocycles. The number of aromatic nitrogens is 2. The second kappa shape index (κ2) is 6.55.